The molecule has 0 aliphatic carbocycles. The Morgan fingerprint density at radius 1 is 1.50 bits per heavy atom. The van der Waals surface area contributed by atoms with E-state index in [2.05, 4.69) is 4.98 Å². The molecule has 0 saturated heterocycles. The Balaban J connectivity index is 3.14. The first-order chi connectivity index (χ1) is 3.70. The van der Waals surface area contributed by atoms with E-state index >= 15 is 0 Å². The van der Waals surface area contributed by atoms with Crippen molar-refractivity contribution in [3.8, 4) is 0 Å². The lowest BCUT2D eigenvalue weighted by atomic mass is 10.7. The van der Waals surface area contributed by atoms with Crippen LogP contribution in [-0.4, -0.2) is 4.98 Å². The zero-order valence-electron chi connectivity index (χ0n) is 3.89. The smallest absolute Gasteiger partial charge is 0.187 e. The van der Waals surface area contributed by atoms with Gasteiger partial charge in [-0.15, -0.1) is 0 Å². The van der Waals surface area contributed by atoms with Crippen LogP contribution in [0.15, 0.2) is 0 Å². The van der Waals surface area contributed by atoms with Crippen molar-refractivity contribution >= 4 is 33.8 Å². The van der Waals surface area contributed by atoms with E-state index in [1.165, 1.54) is 11.3 Å². The van der Waals surface area contributed by atoms with Gasteiger partial charge in [0.1, 0.15) is 5.00 Å². The van der Waals surface area contributed by atoms with Gasteiger partial charge in [-0.3, -0.25) is 0 Å². The molecule has 3 nitrogen and oxygen atoms in total. The summed E-state index contributed by atoms with van der Waals surface area (Å²) in [4.78, 5) is 3.65. The summed E-state index contributed by atoms with van der Waals surface area (Å²) in [5.74, 6) is 0.319. The van der Waals surface area contributed by atoms with E-state index in [4.69, 9.17) is 23.1 Å². The average Bonchev–Trinajstić information content (AvgIpc) is 1.85. The van der Waals surface area contributed by atoms with Gasteiger partial charge in [0, 0.05) is 0 Å². The van der Waals surface area contributed by atoms with E-state index in [1.807, 2.05) is 0 Å². The third kappa shape index (κ3) is 0.850. The van der Waals surface area contributed by atoms with Gasteiger partial charge in [-0.05, 0) is 0 Å². The second-order valence-corrected chi connectivity index (χ2v) is 2.83. The van der Waals surface area contributed by atoms with Crippen molar-refractivity contribution < 1.29 is 0 Å². The second kappa shape index (κ2) is 1.80. The van der Waals surface area contributed by atoms with Crippen LogP contribution in [0.2, 0.25) is 4.47 Å². The Hall–Kier alpha value is -0.480. The maximum atomic E-state index is 5.41. The van der Waals surface area contributed by atoms with Crippen molar-refractivity contribution in [3.05, 3.63) is 4.47 Å². The number of thiazole rings is 1. The third-order valence-corrected chi connectivity index (χ3v) is 1.66. The number of hydrogen-bond acceptors (Lipinski definition) is 4. The molecule has 0 unspecified atom stereocenters. The molecule has 0 bridgehead atoms. The van der Waals surface area contributed by atoms with Crippen LogP contribution in [-0.2, 0) is 0 Å². The van der Waals surface area contributed by atoms with Gasteiger partial charge >= 0.3 is 0 Å². The molecule has 0 saturated carbocycles. The average molecular weight is 150 g/mol. The molecule has 1 aromatic rings. The molecule has 0 fully saturated rings. The van der Waals surface area contributed by atoms with Crippen molar-refractivity contribution in [2.24, 2.45) is 0 Å². The maximum Gasteiger partial charge on any atom is 0.187 e. The van der Waals surface area contributed by atoms with E-state index in [1.54, 1.807) is 0 Å². The summed E-state index contributed by atoms with van der Waals surface area (Å²) < 4.78 is 0.389. The zero-order chi connectivity index (χ0) is 6.15. The van der Waals surface area contributed by atoms with Crippen LogP contribution in [0.5, 0.6) is 0 Å². The predicted octanol–water partition coefficient (Wildman–Crippen LogP) is 0.961. The standard InChI is InChI=1S/C3H4ClN3S/c4-3-7-1(5)2(6)8-3/h5-6H2. The van der Waals surface area contributed by atoms with Crippen molar-refractivity contribution in [1.29, 1.82) is 0 Å². The van der Waals surface area contributed by atoms with Crippen LogP contribution in [0.3, 0.4) is 0 Å². The number of rotatable bonds is 0. The van der Waals surface area contributed by atoms with Gasteiger partial charge in [0.05, 0.1) is 0 Å². The van der Waals surface area contributed by atoms with Gasteiger partial charge in [-0.25, -0.2) is 4.98 Å². The number of nitrogens with zero attached hydrogens (tertiary/aromatic N) is 1. The molecule has 0 aromatic carbocycles. The molecule has 44 valence electrons. The Morgan fingerprint density at radius 2 is 2.12 bits per heavy atom. The lowest BCUT2D eigenvalue weighted by Crippen LogP contribution is -1.89. The normalized spacial score (nSPS) is 9.62. The highest BCUT2D eigenvalue weighted by Crippen LogP contribution is 2.25. The molecule has 1 aromatic heterocycles. The van der Waals surface area contributed by atoms with Crippen LogP contribution in [0.1, 0.15) is 0 Å². The topological polar surface area (TPSA) is 64.9 Å². The Kier molecular flexibility index (Phi) is 1.27. The number of anilines is 2. The first-order valence-electron chi connectivity index (χ1n) is 1.87. The third-order valence-electron chi connectivity index (χ3n) is 0.655. The molecule has 0 radical (unpaired) electrons. The fourth-order valence-electron chi connectivity index (χ4n) is 0.316. The Morgan fingerprint density at radius 3 is 2.25 bits per heavy atom. The van der Waals surface area contributed by atoms with Crippen LogP contribution < -0.4 is 11.5 Å². The molecule has 1 heterocycles. The largest absolute Gasteiger partial charge is 0.387 e. The fraction of sp³-hybridized carbons (Fsp3) is 0. The van der Waals surface area contributed by atoms with Crippen molar-refractivity contribution in [1.82, 2.24) is 4.98 Å². The highest BCUT2D eigenvalue weighted by Gasteiger charge is 1.99. The van der Waals surface area contributed by atoms with Gasteiger partial charge in [0.15, 0.2) is 10.3 Å². The molecule has 0 spiro atoms. The molecule has 0 amide bonds. The second-order valence-electron chi connectivity index (χ2n) is 1.22. The molecule has 5 heteroatoms. The van der Waals surface area contributed by atoms with E-state index in [0.717, 1.165) is 0 Å². The molecular weight excluding hydrogens is 146 g/mol. The highest BCUT2D eigenvalue weighted by molar-refractivity contribution is 7.19. The zero-order valence-corrected chi connectivity index (χ0v) is 5.46. The van der Waals surface area contributed by atoms with E-state index in [0.29, 0.717) is 15.3 Å². The number of aromatic nitrogens is 1. The summed E-state index contributed by atoms with van der Waals surface area (Å²) in [5.41, 5.74) is 10.5. The van der Waals surface area contributed by atoms with Crippen LogP contribution in [0, 0.1) is 0 Å². The Bertz CT molecular complexity index is 177. The molecular formula is C3H4ClN3S. The summed E-state index contributed by atoms with van der Waals surface area (Å²) in [6.45, 7) is 0. The van der Waals surface area contributed by atoms with E-state index in [9.17, 15) is 0 Å². The SMILES string of the molecule is Nc1nc(Cl)sc1N. The summed E-state index contributed by atoms with van der Waals surface area (Å²) >= 11 is 6.59. The Labute approximate surface area is 55.3 Å². The summed E-state index contributed by atoms with van der Waals surface area (Å²) in [7, 11) is 0. The van der Waals surface area contributed by atoms with Gasteiger partial charge < -0.3 is 11.5 Å². The number of hydrogen-bond donors (Lipinski definition) is 2. The molecule has 0 aliphatic rings. The van der Waals surface area contributed by atoms with Gasteiger partial charge in [0.2, 0.25) is 0 Å². The number of halogens is 1. The monoisotopic (exact) mass is 149 g/mol. The lowest BCUT2D eigenvalue weighted by Gasteiger charge is -1.79. The maximum absolute atomic E-state index is 5.41. The van der Waals surface area contributed by atoms with Crippen molar-refractivity contribution in [2.45, 2.75) is 0 Å². The highest BCUT2D eigenvalue weighted by atomic mass is 35.5. The van der Waals surface area contributed by atoms with Gasteiger partial charge in [-0.2, -0.15) is 0 Å². The first-order valence-corrected chi connectivity index (χ1v) is 3.07. The minimum absolute atomic E-state index is 0.319. The van der Waals surface area contributed by atoms with Gasteiger partial charge in [0.25, 0.3) is 0 Å². The van der Waals surface area contributed by atoms with Gasteiger partial charge in [-0.1, -0.05) is 22.9 Å². The minimum Gasteiger partial charge on any atom is -0.387 e. The van der Waals surface area contributed by atoms with Crippen molar-refractivity contribution in [2.75, 3.05) is 11.5 Å². The van der Waals surface area contributed by atoms with Crippen LogP contribution in [0.4, 0.5) is 10.8 Å². The summed E-state index contributed by atoms with van der Waals surface area (Å²) in [6, 6.07) is 0. The lowest BCUT2D eigenvalue weighted by molar-refractivity contribution is 1.43. The molecule has 4 N–H and O–H groups in total. The predicted molar refractivity (Wildman–Crippen MR) is 35.9 cm³/mol. The molecule has 0 aliphatic heterocycles. The van der Waals surface area contributed by atoms with Crippen LogP contribution >= 0.6 is 22.9 Å². The van der Waals surface area contributed by atoms with E-state index < -0.39 is 0 Å². The summed E-state index contributed by atoms with van der Waals surface area (Å²) in [5, 5.41) is 0.481. The number of nitrogen functional groups attached to an aromatic ring is 2. The molecule has 0 atom stereocenters. The quantitative estimate of drug-likeness (QED) is 0.578. The van der Waals surface area contributed by atoms with Crippen LogP contribution in [0.25, 0.3) is 0 Å². The fourth-order valence-corrected chi connectivity index (χ4v) is 1.13. The van der Waals surface area contributed by atoms with E-state index in [-0.39, 0.29) is 0 Å². The van der Waals surface area contributed by atoms with Crippen molar-refractivity contribution in [3.63, 3.8) is 0 Å². The minimum atomic E-state index is 0.319. The first kappa shape index (κ1) is 5.65. The number of nitrogens with two attached hydrogens (primary N) is 2. The molecule has 8 heavy (non-hydrogen) atoms. The summed E-state index contributed by atoms with van der Waals surface area (Å²) in [6.07, 6.45) is 0. The molecule has 1 rings (SSSR count).